The maximum Gasteiger partial charge on any atom is 0.314 e. The van der Waals surface area contributed by atoms with Gasteiger partial charge in [-0.15, -0.1) is 0 Å². The molecule has 0 spiro atoms. The third-order valence-corrected chi connectivity index (χ3v) is 6.28. The van der Waals surface area contributed by atoms with E-state index in [-0.39, 0.29) is 29.9 Å². The second-order valence-electron chi connectivity index (χ2n) is 6.05. The van der Waals surface area contributed by atoms with Gasteiger partial charge in [0, 0.05) is 13.1 Å². The lowest BCUT2D eigenvalue weighted by Gasteiger charge is -2.30. The van der Waals surface area contributed by atoms with Crippen molar-refractivity contribution in [2.24, 2.45) is 5.92 Å². The summed E-state index contributed by atoms with van der Waals surface area (Å²) in [5, 5.41) is 8.78. The number of nitrogens with zero attached hydrogens (tertiary/aromatic N) is 2. The van der Waals surface area contributed by atoms with Gasteiger partial charge in [0.2, 0.25) is 10.0 Å². The molecule has 0 N–H and O–H groups in total. The van der Waals surface area contributed by atoms with Gasteiger partial charge in [-0.2, -0.15) is 9.57 Å². The van der Waals surface area contributed by atoms with Crippen LogP contribution in [0.5, 0.6) is 5.75 Å². The standard InChI is InChI=1S/C19H18N2O4S/c20-14-15-6-8-17(9-7-15)25-19(22)16-10-12-21(13-11-16)26(23,24)18-4-2-1-3-5-18/h1-9,16H,10-13H2. The number of sulfonamides is 1. The van der Waals surface area contributed by atoms with Crippen LogP contribution in [0.3, 0.4) is 0 Å². The van der Waals surface area contributed by atoms with Crippen molar-refractivity contribution in [3.8, 4) is 11.8 Å². The van der Waals surface area contributed by atoms with Crippen molar-refractivity contribution in [3.63, 3.8) is 0 Å². The monoisotopic (exact) mass is 370 g/mol. The van der Waals surface area contributed by atoms with Crippen molar-refractivity contribution < 1.29 is 17.9 Å². The van der Waals surface area contributed by atoms with Gasteiger partial charge in [-0.25, -0.2) is 8.42 Å². The molecule has 0 unspecified atom stereocenters. The van der Waals surface area contributed by atoms with Gasteiger partial charge in [0.1, 0.15) is 5.75 Å². The number of piperidine rings is 1. The summed E-state index contributed by atoms with van der Waals surface area (Å²) in [7, 11) is -3.53. The minimum atomic E-state index is -3.53. The zero-order valence-corrected chi connectivity index (χ0v) is 14.9. The van der Waals surface area contributed by atoms with E-state index in [0.29, 0.717) is 24.2 Å². The summed E-state index contributed by atoms with van der Waals surface area (Å²) in [4.78, 5) is 12.6. The average molecular weight is 370 g/mol. The fourth-order valence-corrected chi connectivity index (χ4v) is 4.36. The van der Waals surface area contributed by atoms with Crippen molar-refractivity contribution in [1.82, 2.24) is 4.31 Å². The molecule has 1 saturated heterocycles. The van der Waals surface area contributed by atoms with Crippen molar-refractivity contribution in [2.45, 2.75) is 17.7 Å². The van der Waals surface area contributed by atoms with Crippen LogP contribution in [-0.4, -0.2) is 31.8 Å². The largest absolute Gasteiger partial charge is 0.426 e. The van der Waals surface area contributed by atoms with Crippen LogP contribution in [0, 0.1) is 17.2 Å². The smallest absolute Gasteiger partial charge is 0.314 e. The Morgan fingerprint density at radius 3 is 2.23 bits per heavy atom. The van der Waals surface area contributed by atoms with Crippen LogP contribution in [0.2, 0.25) is 0 Å². The van der Waals surface area contributed by atoms with Crippen molar-refractivity contribution in [1.29, 1.82) is 5.26 Å². The number of rotatable bonds is 4. The second kappa shape index (κ2) is 7.68. The lowest BCUT2D eigenvalue weighted by atomic mass is 9.98. The van der Waals surface area contributed by atoms with Gasteiger partial charge in [-0.1, -0.05) is 18.2 Å². The molecule has 2 aromatic rings. The van der Waals surface area contributed by atoms with Gasteiger partial charge in [-0.3, -0.25) is 4.79 Å². The molecular formula is C19H18N2O4S. The normalized spacial score (nSPS) is 16.0. The van der Waals surface area contributed by atoms with Crippen LogP contribution in [0.15, 0.2) is 59.5 Å². The van der Waals surface area contributed by atoms with Crippen LogP contribution in [0.1, 0.15) is 18.4 Å². The third-order valence-electron chi connectivity index (χ3n) is 4.37. The zero-order valence-electron chi connectivity index (χ0n) is 14.0. The molecule has 1 heterocycles. The van der Waals surface area contributed by atoms with Gasteiger partial charge in [0.05, 0.1) is 22.4 Å². The van der Waals surface area contributed by atoms with E-state index in [1.165, 1.54) is 4.31 Å². The van der Waals surface area contributed by atoms with Gasteiger partial charge >= 0.3 is 5.97 Å². The van der Waals surface area contributed by atoms with Crippen LogP contribution in [0.4, 0.5) is 0 Å². The number of ether oxygens (including phenoxy) is 1. The Bertz CT molecular complexity index is 910. The Morgan fingerprint density at radius 2 is 1.65 bits per heavy atom. The fourth-order valence-electron chi connectivity index (χ4n) is 2.87. The van der Waals surface area contributed by atoms with Crippen LogP contribution >= 0.6 is 0 Å². The lowest BCUT2D eigenvalue weighted by molar-refractivity contribution is -0.140. The first-order valence-corrected chi connectivity index (χ1v) is 9.72. The third kappa shape index (κ3) is 3.93. The SMILES string of the molecule is N#Cc1ccc(OC(=O)C2CCN(S(=O)(=O)c3ccccc3)CC2)cc1. The molecule has 0 saturated carbocycles. The Labute approximate surface area is 152 Å². The highest BCUT2D eigenvalue weighted by atomic mass is 32.2. The van der Waals surface area contributed by atoms with Gasteiger partial charge in [0.25, 0.3) is 0 Å². The predicted molar refractivity (Wildman–Crippen MR) is 94.7 cm³/mol. The predicted octanol–water partition coefficient (Wildman–Crippen LogP) is 2.56. The molecule has 0 aromatic heterocycles. The summed E-state index contributed by atoms with van der Waals surface area (Å²) in [5.41, 5.74) is 0.490. The zero-order chi connectivity index (χ0) is 18.6. The van der Waals surface area contributed by atoms with E-state index in [1.807, 2.05) is 6.07 Å². The first kappa shape index (κ1) is 18.1. The van der Waals surface area contributed by atoms with Gasteiger partial charge in [0.15, 0.2) is 0 Å². The molecule has 6 nitrogen and oxygen atoms in total. The molecule has 0 amide bonds. The van der Waals surface area contributed by atoms with Gasteiger partial charge in [-0.05, 0) is 49.2 Å². The number of nitriles is 1. The summed E-state index contributed by atoms with van der Waals surface area (Å²) >= 11 is 0. The topological polar surface area (TPSA) is 87.5 Å². The fraction of sp³-hybridized carbons (Fsp3) is 0.263. The molecule has 7 heteroatoms. The van der Waals surface area contributed by atoms with E-state index >= 15 is 0 Å². The molecule has 1 aliphatic heterocycles. The molecule has 26 heavy (non-hydrogen) atoms. The first-order valence-electron chi connectivity index (χ1n) is 8.28. The van der Waals surface area contributed by atoms with E-state index in [9.17, 15) is 13.2 Å². The maximum atomic E-state index is 12.6. The highest BCUT2D eigenvalue weighted by Gasteiger charge is 2.32. The number of carbonyl (C=O) groups excluding carboxylic acids is 1. The molecule has 0 aliphatic carbocycles. The van der Waals surface area contributed by atoms with E-state index < -0.39 is 10.0 Å². The highest BCUT2D eigenvalue weighted by molar-refractivity contribution is 7.89. The minimum Gasteiger partial charge on any atom is -0.426 e. The Balaban J connectivity index is 1.59. The molecule has 0 bridgehead atoms. The van der Waals surface area contributed by atoms with Crippen LogP contribution < -0.4 is 4.74 Å². The molecule has 2 aromatic carbocycles. The van der Waals surface area contributed by atoms with Crippen LogP contribution in [-0.2, 0) is 14.8 Å². The Hall–Kier alpha value is -2.69. The summed E-state index contributed by atoms with van der Waals surface area (Å²) in [6.45, 7) is 0.564. The lowest BCUT2D eigenvalue weighted by Crippen LogP contribution is -2.41. The van der Waals surface area contributed by atoms with E-state index in [0.717, 1.165) is 0 Å². The maximum absolute atomic E-state index is 12.6. The van der Waals surface area contributed by atoms with E-state index in [4.69, 9.17) is 10.00 Å². The summed E-state index contributed by atoms with van der Waals surface area (Å²) in [6.07, 6.45) is 0.836. The minimum absolute atomic E-state index is 0.263. The van der Waals surface area contributed by atoms with Crippen LogP contribution in [0.25, 0.3) is 0 Å². The highest BCUT2D eigenvalue weighted by Crippen LogP contribution is 2.25. The first-order chi connectivity index (χ1) is 12.5. The number of hydrogen-bond acceptors (Lipinski definition) is 5. The summed E-state index contributed by atoms with van der Waals surface area (Å²) in [6, 6.07) is 16.6. The van der Waals surface area contributed by atoms with E-state index in [1.54, 1.807) is 54.6 Å². The van der Waals surface area contributed by atoms with Crippen molar-refractivity contribution in [2.75, 3.05) is 13.1 Å². The number of hydrogen-bond donors (Lipinski definition) is 0. The van der Waals surface area contributed by atoms with Crippen molar-refractivity contribution >= 4 is 16.0 Å². The Kier molecular flexibility index (Phi) is 5.35. The summed E-state index contributed by atoms with van der Waals surface area (Å²) in [5.74, 6) is -0.326. The molecule has 0 atom stereocenters. The molecule has 134 valence electrons. The summed E-state index contributed by atoms with van der Waals surface area (Å²) < 4.78 is 32.0. The number of esters is 1. The number of carbonyl (C=O) groups is 1. The molecular weight excluding hydrogens is 352 g/mol. The quantitative estimate of drug-likeness (QED) is 0.610. The second-order valence-corrected chi connectivity index (χ2v) is 7.99. The molecule has 0 radical (unpaired) electrons. The molecule has 3 rings (SSSR count). The Morgan fingerprint density at radius 1 is 1.04 bits per heavy atom. The molecule has 1 fully saturated rings. The molecule has 1 aliphatic rings. The number of benzene rings is 2. The van der Waals surface area contributed by atoms with Crippen molar-refractivity contribution in [3.05, 3.63) is 60.2 Å². The van der Waals surface area contributed by atoms with Gasteiger partial charge < -0.3 is 4.74 Å². The van der Waals surface area contributed by atoms with E-state index in [2.05, 4.69) is 0 Å². The average Bonchev–Trinajstić information content (AvgIpc) is 2.69.